The van der Waals surface area contributed by atoms with E-state index in [-0.39, 0.29) is 5.69 Å². The van der Waals surface area contributed by atoms with Gasteiger partial charge in [0.05, 0.1) is 7.11 Å². The number of rotatable bonds is 4. The fraction of sp³-hybridized carbons (Fsp3) is 0.105. The Kier molecular flexibility index (Phi) is 4.98. The average Bonchev–Trinajstić information content (AvgIpc) is 3.08. The van der Waals surface area contributed by atoms with E-state index in [2.05, 4.69) is 15.8 Å². The van der Waals surface area contributed by atoms with Crippen LogP contribution in [0.3, 0.4) is 0 Å². The minimum Gasteiger partial charge on any atom is -0.497 e. The fourth-order valence-electron chi connectivity index (χ4n) is 2.30. The Balaban J connectivity index is 1.66. The molecule has 7 heteroatoms. The molecule has 0 aliphatic rings. The van der Waals surface area contributed by atoms with Gasteiger partial charge in [-0.1, -0.05) is 18.2 Å². The Bertz CT molecular complexity index is 918. The first-order valence-electron chi connectivity index (χ1n) is 7.86. The van der Waals surface area contributed by atoms with Crippen molar-refractivity contribution < 1.29 is 18.7 Å². The van der Waals surface area contributed by atoms with Crippen LogP contribution in [0.2, 0.25) is 0 Å². The molecule has 2 amide bonds. The van der Waals surface area contributed by atoms with Crippen LogP contribution in [0, 0.1) is 6.92 Å². The third-order valence-electron chi connectivity index (χ3n) is 3.67. The van der Waals surface area contributed by atoms with Crippen molar-refractivity contribution in [3.63, 3.8) is 0 Å². The molecule has 2 aromatic carbocycles. The molecule has 0 fully saturated rings. The lowest BCUT2D eigenvalue weighted by molar-refractivity contribution is 0.0843. The Hall–Kier alpha value is -3.61. The van der Waals surface area contributed by atoms with Gasteiger partial charge in [-0.25, -0.2) is 4.98 Å². The first kappa shape index (κ1) is 17.2. The molecular weight excluding hydrogens is 334 g/mol. The molecule has 0 bridgehead atoms. The number of hydrazine groups is 1. The molecule has 0 saturated carbocycles. The van der Waals surface area contributed by atoms with Gasteiger partial charge in [-0.2, -0.15) is 0 Å². The third kappa shape index (κ3) is 3.72. The molecule has 1 heterocycles. The topological polar surface area (TPSA) is 93.5 Å². The van der Waals surface area contributed by atoms with E-state index in [0.717, 1.165) is 5.56 Å². The molecule has 0 spiro atoms. The number of methoxy groups -OCH3 is 1. The number of benzene rings is 2. The van der Waals surface area contributed by atoms with Crippen molar-refractivity contribution in [3.05, 3.63) is 71.6 Å². The van der Waals surface area contributed by atoms with Gasteiger partial charge in [0, 0.05) is 11.1 Å². The second-order valence-electron chi connectivity index (χ2n) is 5.43. The quantitative estimate of drug-likeness (QED) is 0.705. The molecule has 1 aromatic heterocycles. The summed E-state index contributed by atoms with van der Waals surface area (Å²) in [6.07, 6.45) is 0. The van der Waals surface area contributed by atoms with E-state index in [1.807, 2.05) is 30.3 Å². The van der Waals surface area contributed by atoms with Gasteiger partial charge in [-0.05, 0) is 43.3 Å². The van der Waals surface area contributed by atoms with Gasteiger partial charge in [-0.3, -0.25) is 20.4 Å². The first-order chi connectivity index (χ1) is 12.6. The number of aromatic nitrogens is 1. The maximum atomic E-state index is 12.3. The Morgan fingerprint density at radius 2 is 1.62 bits per heavy atom. The summed E-state index contributed by atoms with van der Waals surface area (Å²) in [6.45, 7) is 1.64. The van der Waals surface area contributed by atoms with E-state index in [1.165, 1.54) is 0 Å². The molecule has 7 nitrogen and oxygen atoms in total. The monoisotopic (exact) mass is 351 g/mol. The number of carbonyl (C=O) groups excluding carboxylic acids is 2. The van der Waals surface area contributed by atoms with Crippen LogP contribution < -0.4 is 15.6 Å². The van der Waals surface area contributed by atoms with Crippen molar-refractivity contribution in [2.75, 3.05) is 7.11 Å². The number of nitrogens with one attached hydrogen (secondary N) is 2. The second kappa shape index (κ2) is 7.52. The zero-order valence-electron chi connectivity index (χ0n) is 14.3. The Labute approximate surface area is 150 Å². The molecule has 0 atom stereocenters. The van der Waals surface area contributed by atoms with Crippen LogP contribution in [-0.2, 0) is 0 Å². The van der Waals surface area contributed by atoms with Crippen molar-refractivity contribution in [2.45, 2.75) is 6.92 Å². The largest absolute Gasteiger partial charge is 0.497 e. The summed E-state index contributed by atoms with van der Waals surface area (Å²) in [5.74, 6) is 0.327. The van der Waals surface area contributed by atoms with Gasteiger partial charge in [-0.15, -0.1) is 0 Å². The maximum absolute atomic E-state index is 12.3. The van der Waals surface area contributed by atoms with E-state index >= 15 is 0 Å². The molecular formula is C19H17N3O4. The smallest absolute Gasteiger partial charge is 0.291 e. The summed E-state index contributed by atoms with van der Waals surface area (Å²) >= 11 is 0. The van der Waals surface area contributed by atoms with E-state index in [4.69, 9.17) is 9.15 Å². The summed E-state index contributed by atoms with van der Waals surface area (Å²) < 4.78 is 10.6. The van der Waals surface area contributed by atoms with Crippen LogP contribution >= 0.6 is 0 Å². The number of oxazole rings is 1. The number of carbonyl (C=O) groups is 2. The number of nitrogens with zero attached hydrogens (tertiary/aromatic N) is 1. The third-order valence-corrected chi connectivity index (χ3v) is 3.67. The van der Waals surface area contributed by atoms with E-state index in [9.17, 15) is 9.59 Å². The molecule has 132 valence electrons. The minimum atomic E-state index is -0.560. The maximum Gasteiger partial charge on any atom is 0.291 e. The van der Waals surface area contributed by atoms with Crippen LogP contribution in [0.15, 0.2) is 59.0 Å². The molecule has 3 rings (SSSR count). The van der Waals surface area contributed by atoms with Crippen molar-refractivity contribution >= 4 is 11.8 Å². The molecule has 0 radical (unpaired) electrons. The van der Waals surface area contributed by atoms with E-state index in [1.54, 1.807) is 38.3 Å². The lowest BCUT2D eigenvalue weighted by Crippen LogP contribution is -2.42. The zero-order chi connectivity index (χ0) is 18.5. The van der Waals surface area contributed by atoms with Crippen molar-refractivity contribution in [2.24, 2.45) is 0 Å². The fourth-order valence-corrected chi connectivity index (χ4v) is 2.30. The Morgan fingerprint density at radius 3 is 2.27 bits per heavy atom. The number of hydrogen-bond acceptors (Lipinski definition) is 5. The zero-order valence-corrected chi connectivity index (χ0v) is 14.3. The predicted octanol–water partition coefficient (Wildman–Crippen LogP) is 2.73. The molecule has 0 unspecified atom stereocenters. The average molecular weight is 351 g/mol. The number of aryl methyl sites for hydroxylation is 1. The molecule has 3 aromatic rings. The van der Waals surface area contributed by atoms with Crippen LogP contribution in [0.25, 0.3) is 11.5 Å². The minimum absolute atomic E-state index is 0.110. The van der Waals surface area contributed by atoms with Gasteiger partial charge in [0.15, 0.2) is 5.69 Å². The standard InChI is InChI=1S/C19H17N3O4/c1-12-16(20-19(26-12)14-6-4-3-5-7-14)18(24)22-21-17(23)13-8-10-15(25-2)11-9-13/h3-11H,1-2H3,(H,21,23)(H,22,24). The normalized spacial score (nSPS) is 10.2. The summed E-state index contributed by atoms with van der Waals surface area (Å²) in [4.78, 5) is 28.6. The Morgan fingerprint density at radius 1 is 0.962 bits per heavy atom. The van der Waals surface area contributed by atoms with Gasteiger partial charge in [0.2, 0.25) is 5.89 Å². The highest BCUT2D eigenvalue weighted by molar-refractivity contribution is 5.98. The van der Waals surface area contributed by atoms with Crippen molar-refractivity contribution in [1.29, 1.82) is 0 Å². The summed E-state index contributed by atoms with van der Waals surface area (Å²) in [5.41, 5.74) is 5.94. The molecule has 2 N–H and O–H groups in total. The summed E-state index contributed by atoms with van der Waals surface area (Å²) in [6, 6.07) is 15.7. The van der Waals surface area contributed by atoms with Gasteiger partial charge >= 0.3 is 0 Å². The number of ether oxygens (including phenoxy) is 1. The summed E-state index contributed by atoms with van der Waals surface area (Å²) in [5, 5.41) is 0. The highest BCUT2D eigenvalue weighted by Crippen LogP contribution is 2.21. The van der Waals surface area contributed by atoms with Gasteiger partial charge in [0.1, 0.15) is 11.5 Å². The van der Waals surface area contributed by atoms with E-state index in [0.29, 0.717) is 23.0 Å². The molecule has 0 saturated heterocycles. The van der Waals surface area contributed by atoms with Crippen molar-refractivity contribution in [1.82, 2.24) is 15.8 Å². The number of hydrogen-bond donors (Lipinski definition) is 2. The molecule has 0 aliphatic carbocycles. The highest BCUT2D eigenvalue weighted by Gasteiger charge is 2.18. The first-order valence-corrected chi connectivity index (χ1v) is 7.86. The second-order valence-corrected chi connectivity index (χ2v) is 5.43. The SMILES string of the molecule is COc1ccc(C(=O)NNC(=O)c2nc(-c3ccccc3)oc2C)cc1. The number of amides is 2. The lowest BCUT2D eigenvalue weighted by atomic mass is 10.2. The van der Waals surface area contributed by atoms with Crippen LogP contribution in [0.5, 0.6) is 5.75 Å². The van der Waals surface area contributed by atoms with Gasteiger partial charge < -0.3 is 9.15 Å². The molecule has 0 aliphatic heterocycles. The van der Waals surface area contributed by atoms with Crippen molar-refractivity contribution in [3.8, 4) is 17.2 Å². The molecule has 26 heavy (non-hydrogen) atoms. The van der Waals surface area contributed by atoms with Gasteiger partial charge in [0.25, 0.3) is 11.8 Å². The van der Waals surface area contributed by atoms with Crippen LogP contribution in [-0.4, -0.2) is 23.9 Å². The summed E-state index contributed by atoms with van der Waals surface area (Å²) in [7, 11) is 1.54. The lowest BCUT2D eigenvalue weighted by Gasteiger charge is -2.06. The highest BCUT2D eigenvalue weighted by atomic mass is 16.5. The predicted molar refractivity (Wildman–Crippen MR) is 94.6 cm³/mol. The van der Waals surface area contributed by atoms with Crippen LogP contribution in [0.1, 0.15) is 26.6 Å². The van der Waals surface area contributed by atoms with Crippen LogP contribution in [0.4, 0.5) is 0 Å². The van der Waals surface area contributed by atoms with E-state index < -0.39 is 11.8 Å².